The van der Waals surface area contributed by atoms with Crippen LogP contribution >= 0.6 is 0 Å². The molecule has 0 aromatic rings. The molecule has 0 bridgehead atoms. The Kier molecular flexibility index (Phi) is 4.42. The molecule has 3 fully saturated rings. The summed E-state index contributed by atoms with van der Waals surface area (Å²) >= 11 is 0. The molecular formula is C15H29N3O. The van der Waals surface area contributed by atoms with Gasteiger partial charge in [-0.1, -0.05) is 12.8 Å². The first kappa shape index (κ1) is 13.8. The zero-order valence-electron chi connectivity index (χ0n) is 12.1. The smallest absolute Gasteiger partial charge is 0.0484 e. The van der Waals surface area contributed by atoms with Crippen LogP contribution in [0, 0.1) is 0 Å². The molecule has 1 aliphatic carbocycles. The Hall–Kier alpha value is -0.160. The third-order valence-electron chi connectivity index (χ3n) is 5.28. The maximum Gasteiger partial charge on any atom is 0.0484 e. The lowest BCUT2D eigenvalue weighted by Crippen LogP contribution is -2.58. The van der Waals surface area contributed by atoms with Gasteiger partial charge in [-0.15, -0.1) is 0 Å². The van der Waals surface area contributed by atoms with Crippen LogP contribution in [0.25, 0.3) is 0 Å². The van der Waals surface area contributed by atoms with Gasteiger partial charge in [0, 0.05) is 57.5 Å². The highest BCUT2D eigenvalue weighted by Crippen LogP contribution is 2.25. The summed E-state index contributed by atoms with van der Waals surface area (Å²) in [5.41, 5.74) is 6.52. The number of hydrogen-bond acceptors (Lipinski definition) is 4. The van der Waals surface area contributed by atoms with E-state index in [0.717, 1.165) is 38.6 Å². The van der Waals surface area contributed by atoms with Crippen molar-refractivity contribution < 1.29 is 4.74 Å². The minimum atomic E-state index is 0.00772. The van der Waals surface area contributed by atoms with E-state index in [9.17, 15) is 0 Å². The fraction of sp³-hybridized carbons (Fsp3) is 1.00. The number of nitrogens with zero attached hydrogens (tertiary/aromatic N) is 2. The van der Waals surface area contributed by atoms with Gasteiger partial charge in [0.1, 0.15) is 0 Å². The molecule has 0 atom stereocenters. The number of ether oxygens (including phenoxy) is 1. The molecule has 1 saturated carbocycles. The van der Waals surface area contributed by atoms with Crippen molar-refractivity contribution in [3.63, 3.8) is 0 Å². The molecule has 19 heavy (non-hydrogen) atoms. The molecule has 3 rings (SSSR count). The van der Waals surface area contributed by atoms with Crippen molar-refractivity contribution in [1.29, 1.82) is 0 Å². The largest absolute Gasteiger partial charge is 0.381 e. The van der Waals surface area contributed by atoms with Crippen LogP contribution in [0.3, 0.4) is 0 Å². The Bertz CT molecular complexity index is 277. The van der Waals surface area contributed by atoms with Crippen LogP contribution in [-0.4, -0.2) is 67.3 Å². The molecular weight excluding hydrogens is 238 g/mol. The number of nitrogens with two attached hydrogens (primary N) is 1. The van der Waals surface area contributed by atoms with Gasteiger partial charge in [-0.2, -0.15) is 0 Å². The molecule has 4 nitrogen and oxygen atoms in total. The fourth-order valence-electron chi connectivity index (χ4n) is 3.94. The molecule has 2 N–H and O–H groups in total. The van der Waals surface area contributed by atoms with E-state index in [1.165, 1.54) is 51.9 Å². The van der Waals surface area contributed by atoms with Gasteiger partial charge < -0.3 is 10.5 Å². The minimum Gasteiger partial charge on any atom is -0.381 e. The maximum absolute atomic E-state index is 6.51. The first-order valence-corrected chi connectivity index (χ1v) is 8.08. The lowest BCUT2D eigenvalue weighted by atomic mass is 9.90. The van der Waals surface area contributed by atoms with Crippen LogP contribution in [0.5, 0.6) is 0 Å². The normalized spacial score (nSPS) is 30.8. The van der Waals surface area contributed by atoms with Crippen molar-refractivity contribution in [3.05, 3.63) is 0 Å². The Morgan fingerprint density at radius 3 is 2.26 bits per heavy atom. The van der Waals surface area contributed by atoms with E-state index in [0.29, 0.717) is 0 Å². The van der Waals surface area contributed by atoms with Gasteiger partial charge in [-0.3, -0.25) is 9.80 Å². The summed E-state index contributed by atoms with van der Waals surface area (Å²) in [6.07, 6.45) is 7.79. The highest BCUT2D eigenvalue weighted by molar-refractivity contribution is 4.91. The monoisotopic (exact) mass is 267 g/mol. The van der Waals surface area contributed by atoms with Crippen molar-refractivity contribution in [2.45, 2.75) is 50.1 Å². The summed E-state index contributed by atoms with van der Waals surface area (Å²) in [5, 5.41) is 0. The first-order chi connectivity index (χ1) is 9.25. The van der Waals surface area contributed by atoms with Crippen molar-refractivity contribution >= 4 is 0 Å². The highest BCUT2D eigenvalue weighted by Gasteiger charge is 2.32. The molecule has 4 heteroatoms. The minimum absolute atomic E-state index is 0.00772. The van der Waals surface area contributed by atoms with Crippen molar-refractivity contribution in [1.82, 2.24) is 9.80 Å². The van der Waals surface area contributed by atoms with E-state index in [1.54, 1.807) is 0 Å². The third kappa shape index (κ3) is 3.48. The van der Waals surface area contributed by atoms with Gasteiger partial charge >= 0.3 is 0 Å². The number of rotatable bonds is 3. The zero-order valence-corrected chi connectivity index (χ0v) is 12.1. The van der Waals surface area contributed by atoms with Crippen molar-refractivity contribution in [2.75, 3.05) is 45.9 Å². The fourth-order valence-corrected chi connectivity index (χ4v) is 3.94. The Morgan fingerprint density at radius 1 is 1.00 bits per heavy atom. The average molecular weight is 267 g/mol. The second kappa shape index (κ2) is 6.08. The predicted octanol–water partition coefficient (Wildman–Crippen LogP) is 1.05. The van der Waals surface area contributed by atoms with E-state index < -0.39 is 0 Å². The maximum atomic E-state index is 6.51. The Morgan fingerprint density at radius 2 is 1.63 bits per heavy atom. The van der Waals surface area contributed by atoms with Crippen molar-refractivity contribution in [2.24, 2.45) is 5.73 Å². The summed E-state index contributed by atoms with van der Waals surface area (Å²) in [6.45, 7) is 7.66. The van der Waals surface area contributed by atoms with E-state index in [4.69, 9.17) is 10.5 Å². The Labute approximate surface area is 117 Å². The molecule has 0 aromatic carbocycles. The van der Waals surface area contributed by atoms with Gasteiger partial charge in [0.05, 0.1) is 0 Å². The van der Waals surface area contributed by atoms with Crippen LogP contribution in [-0.2, 0) is 4.74 Å². The molecule has 0 radical (unpaired) electrons. The van der Waals surface area contributed by atoms with E-state index in [1.807, 2.05) is 0 Å². The summed E-state index contributed by atoms with van der Waals surface area (Å²) in [5.74, 6) is 0. The molecule has 2 saturated heterocycles. The van der Waals surface area contributed by atoms with Crippen molar-refractivity contribution in [3.8, 4) is 0 Å². The number of piperazine rings is 1. The standard InChI is InChI=1S/C15H29N3O/c16-15(5-11-19-12-6-15)13-17-7-9-18(10-8-17)14-3-1-2-4-14/h14H,1-13,16H2. The number of hydrogen-bond donors (Lipinski definition) is 1. The van der Waals surface area contributed by atoms with Crippen LogP contribution in [0.15, 0.2) is 0 Å². The molecule has 0 unspecified atom stereocenters. The third-order valence-corrected chi connectivity index (χ3v) is 5.28. The molecule has 110 valence electrons. The summed E-state index contributed by atoms with van der Waals surface area (Å²) in [6, 6.07) is 0.886. The lowest BCUT2D eigenvalue weighted by Gasteiger charge is -2.43. The summed E-state index contributed by atoms with van der Waals surface area (Å²) in [7, 11) is 0. The topological polar surface area (TPSA) is 41.7 Å². The van der Waals surface area contributed by atoms with Crippen LogP contribution in [0.1, 0.15) is 38.5 Å². The molecule has 0 aromatic heterocycles. The van der Waals surface area contributed by atoms with Gasteiger partial charge in [-0.25, -0.2) is 0 Å². The predicted molar refractivity (Wildman–Crippen MR) is 77.2 cm³/mol. The molecule has 0 spiro atoms. The Balaban J connectivity index is 1.44. The van der Waals surface area contributed by atoms with Gasteiger partial charge in [0.15, 0.2) is 0 Å². The van der Waals surface area contributed by atoms with Gasteiger partial charge in [0.25, 0.3) is 0 Å². The van der Waals surface area contributed by atoms with Crippen LogP contribution in [0.2, 0.25) is 0 Å². The molecule has 2 heterocycles. The quantitative estimate of drug-likeness (QED) is 0.830. The van der Waals surface area contributed by atoms with Crippen LogP contribution in [0.4, 0.5) is 0 Å². The summed E-state index contributed by atoms with van der Waals surface area (Å²) in [4.78, 5) is 5.30. The second-order valence-electron chi connectivity index (χ2n) is 6.73. The second-order valence-corrected chi connectivity index (χ2v) is 6.73. The SMILES string of the molecule is NC1(CN2CCN(C3CCCC3)CC2)CCOCC1. The lowest BCUT2D eigenvalue weighted by molar-refractivity contribution is 0.0236. The molecule has 3 aliphatic rings. The van der Waals surface area contributed by atoms with E-state index >= 15 is 0 Å². The van der Waals surface area contributed by atoms with E-state index in [-0.39, 0.29) is 5.54 Å². The highest BCUT2D eigenvalue weighted by atomic mass is 16.5. The molecule has 2 aliphatic heterocycles. The van der Waals surface area contributed by atoms with Gasteiger partial charge in [-0.05, 0) is 25.7 Å². The average Bonchev–Trinajstić information content (AvgIpc) is 2.94. The zero-order chi connectivity index (χ0) is 13.1. The molecule has 0 amide bonds. The van der Waals surface area contributed by atoms with E-state index in [2.05, 4.69) is 9.80 Å². The first-order valence-electron chi connectivity index (χ1n) is 8.08. The summed E-state index contributed by atoms with van der Waals surface area (Å²) < 4.78 is 5.43. The van der Waals surface area contributed by atoms with Gasteiger partial charge in [0.2, 0.25) is 0 Å². The van der Waals surface area contributed by atoms with Crippen LogP contribution < -0.4 is 5.73 Å².